The fourth-order valence-corrected chi connectivity index (χ4v) is 3.06. The van der Waals surface area contributed by atoms with E-state index in [9.17, 15) is 13.2 Å². The zero-order valence-electron chi connectivity index (χ0n) is 15.9. The van der Waals surface area contributed by atoms with E-state index >= 15 is 0 Å². The van der Waals surface area contributed by atoms with Crippen LogP contribution in [0.25, 0.3) is 0 Å². The standard InChI is InChI=1S/C18H27F3N4O2/c1-22-16(24-13-17(25(2)3)8-10-26-11-9-17)23-12-14-6-4-5-7-15(14)27-18(19,20)21/h4-7H,8-13H2,1-3H3,(H2,22,23,24). The average Bonchev–Trinajstić information content (AvgIpc) is 2.62. The third kappa shape index (κ3) is 6.28. The minimum absolute atomic E-state index is 0.0484. The summed E-state index contributed by atoms with van der Waals surface area (Å²) in [5.41, 5.74) is 0.346. The molecule has 1 aromatic carbocycles. The molecule has 27 heavy (non-hydrogen) atoms. The maximum Gasteiger partial charge on any atom is 0.573 e. The number of rotatable bonds is 6. The van der Waals surface area contributed by atoms with Crippen LogP contribution < -0.4 is 15.4 Å². The summed E-state index contributed by atoms with van der Waals surface area (Å²) in [7, 11) is 5.70. The summed E-state index contributed by atoms with van der Waals surface area (Å²) in [4.78, 5) is 6.35. The van der Waals surface area contributed by atoms with Crippen LogP contribution in [0.4, 0.5) is 13.2 Å². The van der Waals surface area contributed by atoms with Crippen molar-refractivity contribution in [1.29, 1.82) is 0 Å². The highest BCUT2D eigenvalue weighted by atomic mass is 19.4. The van der Waals surface area contributed by atoms with E-state index in [1.54, 1.807) is 19.2 Å². The highest BCUT2D eigenvalue weighted by Crippen LogP contribution is 2.26. The zero-order chi connectivity index (χ0) is 19.9. The third-order valence-corrected chi connectivity index (χ3v) is 4.83. The topological polar surface area (TPSA) is 58.1 Å². The van der Waals surface area contributed by atoms with Crippen LogP contribution in [-0.2, 0) is 11.3 Å². The molecule has 1 aliphatic heterocycles. The smallest absolute Gasteiger partial charge is 0.405 e. The number of alkyl halides is 3. The fourth-order valence-electron chi connectivity index (χ4n) is 3.06. The minimum Gasteiger partial charge on any atom is -0.405 e. The quantitative estimate of drug-likeness (QED) is 0.579. The number of benzene rings is 1. The predicted octanol–water partition coefficient (Wildman–Crippen LogP) is 2.36. The lowest BCUT2D eigenvalue weighted by Crippen LogP contribution is -2.57. The van der Waals surface area contributed by atoms with Gasteiger partial charge >= 0.3 is 6.36 Å². The lowest BCUT2D eigenvalue weighted by molar-refractivity contribution is -0.274. The van der Waals surface area contributed by atoms with Crippen LogP contribution in [0.1, 0.15) is 18.4 Å². The number of halogens is 3. The first kappa shape index (κ1) is 21.3. The van der Waals surface area contributed by atoms with Crippen molar-refractivity contribution in [1.82, 2.24) is 15.5 Å². The van der Waals surface area contributed by atoms with Gasteiger partial charge in [-0.2, -0.15) is 0 Å². The molecule has 152 valence electrons. The van der Waals surface area contributed by atoms with Crippen molar-refractivity contribution in [3.63, 3.8) is 0 Å². The van der Waals surface area contributed by atoms with E-state index in [2.05, 4.69) is 25.3 Å². The Hall–Kier alpha value is -2.00. The van der Waals surface area contributed by atoms with Crippen LogP contribution in [0.15, 0.2) is 29.3 Å². The summed E-state index contributed by atoms with van der Waals surface area (Å²) in [6.07, 6.45) is -2.93. The molecule has 1 heterocycles. The van der Waals surface area contributed by atoms with E-state index in [0.717, 1.165) is 12.8 Å². The number of likely N-dealkylation sites (N-methyl/N-ethyl adjacent to an activating group) is 1. The number of nitrogens with zero attached hydrogens (tertiary/aromatic N) is 2. The van der Waals surface area contributed by atoms with Gasteiger partial charge in [-0.15, -0.1) is 13.2 Å². The molecule has 0 aliphatic carbocycles. The molecule has 0 amide bonds. The minimum atomic E-state index is -4.73. The van der Waals surface area contributed by atoms with Crippen LogP contribution >= 0.6 is 0 Å². The summed E-state index contributed by atoms with van der Waals surface area (Å²) < 4.78 is 47.2. The number of guanidine groups is 1. The Kier molecular flexibility index (Phi) is 7.32. The van der Waals surface area contributed by atoms with Gasteiger partial charge in [0.25, 0.3) is 0 Å². The second-order valence-electron chi connectivity index (χ2n) is 6.67. The van der Waals surface area contributed by atoms with E-state index < -0.39 is 6.36 Å². The van der Waals surface area contributed by atoms with Gasteiger partial charge < -0.3 is 25.0 Å². The van der Waals surface area contributed by atoms with Gasteiger partial charge in [0.15, 0.2) is 5.96 Å². The van der Waals surface area contributed by atoms with Crippen molar-refractivity contribution in [2.45, 2.75) is 31.3 Å². The van der Waals surface area contributed by atoms with E-state index in [-0.39, 0.29) is 17.8 Å². The van der Waals surface area contributed by atoms with Crippen molar-refractivity contribution in [2.75, 3.05) is 40.9 Å². The molecule has 1 aliphatic rings. The monoisotopic (exact) mass is 388 g/mol. The molecule has 1 aromatic rings. The van der Waals surface area contributed by atoms with Crippen LogP contribution in [0.5, 0.6) is 5.75 Å². The SMILES string of the molecule is CN=C(NCc1ccccc1OC(F)(F)F)NCC1(N(C)C)CCOCC1. The lowest BCUT2D eigenvalue weighted by Gasteiger charge is -2.43. The second-order valence-corrected chi connectivity index (χ2v) is 6.67. The Labute approximate surface area is 157 Å². The van der Waals surface area contributed by atoms with Gasteiger partial charge in [-0.25, -0.2) is 0 Å². The molecule has 2 N–H and O–H groups in total. The highest BCUT2D eigenvalue weighted by molar-refractivity contribution is 5.79. The van der Waals surface area contributed by atoms with E-state index in [4.69, 9.17) is 4.74 Å². The molecule has 0 saturated carbocycles. The number of para-hydroxylation sites is 1. The molecule has 0 unspecified atom stereocenters. The van der Waals surface area contributed by atoms with Gasteiger partial charge in [-0.3, -0.25) is 4.99 Å². The molecule has 6 nitrogen and oxygen atoms in total. The van der Waals surface area contributed by atoms with Crippen molar-refractivity contribution in [3.05, 3.63) is 29.8 Å². The number of nitrogens with one attached hydrogen (secondary N) is 2. The van der Waals surface area contributed by atoms with E-state index in [1.807, 2.05) is 14.1 Å². The molecule has 0 bridgehead atoms. The normalized spacial score (nSPS) is 17.7. The van der Waals surface area contributed by atoms with Crippen LogP contribution in [0, 0.1) is 0 Å². The molecule has 1 saturated heterocycles. The Morgan fingerprint density at radius 2 is 1.89 bits per heavy atom. The molecule has 0 atom stereocenters. The molecule has 0 spiro atoms. The Morgan fingerprint density at radius 1 is 1.22 bits per heavy atom. The Bertz CT molecular complexity index is 629. The van der Waals surface area contributed by atoms with E-state index in [1.165, 1.54) is 12.1 Å². The molecular formula is C18H27F3N4O2. The molecule has 9 heteroatoms. The number of aliphatic imine (C=N–C) groups is 1. The molecule has 1 fully saturated rings. The Balaban J connectivity index is 1.96. The molecule has 0 aromatic heterocycles. The van der Waals surface area contributed by atoms with Gasteiger partial charge in [0, 0.05) is 44.5 Å². The predicted molar refractivity (Wildman–Crippen MR) is 97.8 cm³/mol. The number of ether oxygens (including phenoxy) is 2. The summed E-state index contributed by atoms with van der Waals surface area (Å²) in [5.74, 6) is 0.298. The van der Waals surface area contributed by atoms with Crippen LogP contribution in [0.3, 0.4) is 0 Å². The van der Waals surface area contributed by atoms with Crippen molar-refractivity contribution in [2.24, 2.45) is 4.99 Å². The third-order valence-electron chi connectivity index (χ3n) is 4.83. The summed E-state index contributed by atoms with van der Waals surface area (Å²) in [6, 6.07) is 6.05. The fraction of sp³-hybridized carbons (Fsp3) is 0.611. The van der Waals surface area contributed by atoms with Gasteiger partial charge in [-0.05, 0) is 33.0 Å². The van der Waals surface area contributed by atoms with Crippen molar-refractivity contribution in [3.8, 4) is 5.75 Å². The van der Waals surface area contributed by atoms with Crippen LogP contribution in [-0.4, -0.2) is 63.7 Å². The van der Waals surface area contributed by atoms with E-state index in [0.29, 0.717) is 31.3 Å². The first-order valence-electron chi connectivity index (χ1n) is 8.79. The first-order chi connectivity index (χ1) is 12.8. The lowest BCUT2D eigenvalue weighted by atomic mass is 9.88. The molecule has 2 rings (SSSR count). The number of hydrogen-bond acceptors (Lipinski definition) is 4. The van der Waals surface area contributed by atoms with Crippen molar-refractivity contribution < 1.29 is 22.6 Å². The first-order valence-corrected chi connectivity index (χ1v) is 8.79. The highest BCUT2D eigenvalue weighted by Gasteiger charge is 2.35. The maximum absolute atomic E-state index is 12.5. The van der Waals surface area contributed by atoms with Gasteiger partial charge in [0.2, 0.25) is 0 Å². The van der Waals surface area contributed by atoms with Crippen LogP contribution in [0.2, 0.25) is 0 Å². The maximum atomic E-state index is 12.5. The summed E-state index contributed by atoms with van der Waals surface area (Å²) in [6.45, 7) is 2.22. The van der Waals surface area contributed by atoms with Gasteiger partial charge in [-0.1, -0.05) is 18.2 Å². The summed E-state index contributed by atoms with van der Waals surface area (Å²) in [5, 5.41) is 6.33. The average molecular weight is 388 g/mol. The van der Waals surface area contributed by atoms with Crippen molar-refractivity contribution >= 4 is 5.96 Å². The molecular weight excluding hydrogens is 361 g/mol. The number of hydrogen-bond donors (Lipinski definition) is 2. The second kappa shape index (κ2) is 9.27. The largest absolute Gasteiger partial charge is 0.573 e. The zero-order valence-corrected chi connectivity index (χ0v) is 15.9. The molecule has 0 radical (unpaired) electrons. The van der Waals surface area contributed by atoms with Gasteiger partial charge in [0.1, 0.15) is 5.75 Å². The van der Waals surface area contributed by atoms with Gasteiger partial charge in [0.05, 0.1) is 0 Å². The summed E-state index contributed by atoms with van der Waals surface area (Å²) >= 11 is 0. The Morgan fingerprint density at radius 3 is 2.48 bits per heavy atom.